The number of benzene rings is 2. The van der Waals surface area contributed by atoms with E-state index in [4.69, 9.17) is 0 Å². The first kappa shape index (κ1) is 17.7. The first-order valence-electron chi connectivity index (χ1n) is 9.31. The van der Waals surface area contributed by atoms with Crippen molar-refractivity contribution in [1.29, 1.82) is 0 Å². The smallest absolute Gasteiger partial charge is 0.224 e. The molecule has 1 unspecified atom stereocenters. The largest absolute Gasteiger partial charge is 0.354 e. The molecule has 0 bridgehead atoms. The molecule has 0 radical (unpaired) electrons. The average molecular weight is 336 g/mol. The number of nitrogens with zero attached hydrogens (tertiary/aromatic N) is 1. The molecule has 3 nitrogen and oxygen atoms in total. The molecule has 1 amide bonds. The Labute approximate surface area is 151 Å². The molecular formula is C22H28N2O. The van der Waals surface area contributed by atoms with Gasteiger partial charge in [0, 0.05) is 19.1 Å². The van der Waals surface area contributed by atoms with Gasteiger partial charge in [0.25, 0.3) is 0 Å². The van der Waals surface area contributed by atoms with Crippen LogP contribution in [0.2, 0.25) is 0 Å². The van der Waals surface area contributed by atoms with Crippen molar-refractivity contribution >= 4 is 5.91 Å². The number of hydrogen-bond donors (Lipinski definition) is 1. The Morgan fingerprint density at radius 3 is 2.68 bits per heavy atom. The molecule has 1 aliphatic rings. The molecule has 3 rings (SSSR count). The number of aryl methyl sites for hydroxylation is 1. The maximum atomic E-state index is 12.3. The van der Waals surface area contributed by atoms with Gasteiger partial charge in [-0.1, -0.05) is 66.6 Å². The normalized spacial score (nSPS) is 18.0. The monoisotopic (exact) mass is 336 g/mol. The summed E-state index contributed by atoms with van der Waals surface area (Å²) in [6.45, 7) is 4.90. The zero-order valence-corrected chi connectivity index (χ0v) is 15.1. The van der Waals surface area contributed by atoms with Gasteiger partial charge >= 0.3 is 0 Å². The zero-order valence-electron chi connectivity index (χ0n) is 15.1. The Hall–Kier alpha value is -2.13. The first-order chi connectivity index (χ1) is 12.2. The van der Waals surface area contributed by atoms with E-state index >= 15 is 0 Å². The molecule has 2 aromatic rings. The molecule has 1 heterocycles. The van der Waals surface area contributed by atoms with Gasteiger partial charge in [0.2, 0.25) is 5.91 Å². The average Bonchev–Trinajstić information content (AvgIpc) is 2.62. The van der Waals surface area contributed by atoms with Crippen LogP contribution in [0.3, 0.4) is 0 Å². The highest BCUT2D eigenvalue weighted by molar-refractivity contribution is 5.78. The molecule has 1 aliphatic heterocycles. The number of carbonyl (C=O) groups excluding carboxylic acids is 1. The van der Waals surface area contributed by atoms with Crippen molar-refractivity contribution in [1.82, 2.24) is 10.2 Å². The van der Waals surface area contributed by atoms with E-state index in [1.807, 2.05) is 12.1 Å². The van der Waals surface area contributed by atoms with Gasteiger partial charge < -0.3 is 5.32 Å². The maximum absolute atomic E-state index is 12.3. The molecule has 1 saturated heterocycles. The van der Waals surface area contributed by atoms with Crippen LogP contribution in [-0.4, -0.2) is 29.9 Å². The fraction of sp³-hybridized carbons (Fsp3) is 0.409. The third-order valence-electron chi connectivity index (χ3n) is 4.96. The summed E-state index contributed by atoms with van der Waals surface area (Å²) >= 11 is 0. The Kier molecular flexibility index (Phi) is 6.24. The van der Waals surface area contributed by atoms with Crippen LogP contribution in [0.15, 0.2) is 54.6 Å². The van der Waals surface area contributed by atoms with Crippen molar-refractivity contribution in [3.8, 4) is 0 Å². The Morgan fingerprint density at radius 2 is 1.88 bits per heavy atom. The summed E-state index contributed by atoms with van der Waals surface area (Å²) in [5.41, 5.74) is 3.63. The number of amides is 1. The number of carbonyl (C=O) groups is 1. The SMILES string of the molecule is Cc1cccc(CC(=O)NCC2CCCCN2Cc2ccccc2)c1. The number of rotatable bonds is 6. The molecule has 0 aromatic heterocycles. The fourth-order valence-corrected chi connectivity index (χ4v) is 3.62. The van der Waals surface area contributed by atoms with E-state index in [9.17, 15) is 4.79 Å². The number of likely N-dealkylation sites (tertiary alicyclic amines) is 1. The molecule has 0 spiro atoms. The summed E-state index contributed by atoms with van der Waals surface area (Å²) in [6.07, 6.45) is 4.13. The molecule has 2 aromatic carbocycles. The Morgan fingerprint density at radius 1 is 1.08 bits per heavy atom. The zero-order chi connectivity index (χ0) is 17.5. The van der Waals surface area contributed by atoms with Crippen molar-refractivity contribution in [2.45, 2.75) is 45.2 Å². The van der Waals surface area contributed by atoms with E-state index in [1.165, 1.54) is 24.0 Å². The van der Waals surface area contributed by atoms with Crippen LogP contribution in [0.1, 0.15) is 36.0 Å². The summed E-state index contributed by atoms with van der Waals surface area (Å²) in [6, 6.07) is 19.2. The third kappa shape index (κ3) is 5.43. The van der Waals surface area contributed by atoms with E-state index < -0.39 is 0 Å². The van der Waals surface area contributed by atoms with E-state index in [0.717, 1.165) is 31.6 Å². The molecule has 3 heteroatoms. The molecule has 1 fully saturated rings. The standard InChI is InChI=1S/C22H28N2O/c1-18-8-7-11-20(14-18)15-22(25)23-16-21-12-5-6-13-24(21)17-19-9-3-2-4-10-19/h2-4,7-11,14,21H,5-6,12-13,15-17H2,1H3,(H,23,25). The summed E-state index contributed by atoms with van der Waals surface area (Å²) < 4.78 is 0. The quantitative estimate of drug-likeness (QED) is 0.872. The second kappa shape index (κ2) is 8.82. The third-order valence-corrected chi connectivity index (χ3v) is 4.96. The number of nitrogens with one attached hydrogen (secondary N) is 1. The van der Waals surface area contributed by atoms with Gasteiger partial charge in [-0.25, -0.2) is 0 Å². The van der Waals surface area contributed by atoms with E-state index in [1.54, 1.807) is 0 Å². The molecule has 132 valence electrons. The van der Waals surface area contributed by atoms with Gasteiger partial charge in [0.05, 0.1) is 6.42 Å². The highest BCUT2D eigenvalue weighted by atomic mass is 16.1. The van der Waals surface area contributed by atoms with Crippen LogP contribution in [0.4, 0.5) is 0 Å². The Balaban J connectivity index is 1.52. The molecule has 0 aliphatic carbocycles. The number of hydrogen-bond acceptors (Lipinski definition) is 2. The lowest BCUT2D eigenvalue weighted by atomic mass is 10.0. The highest BCUT2D eigenvalue weighted by Crippen LogP contribution is 2.19. The predicted molar refractivity (Wildman–Crippen MR) is 102 cm³/mol. The molecular weight excluding hydrogens is 308 g/mol. The number of piperidine rings is 1. The van der Waals surface area contributed by atoms with Gasteiger partial charge in [-0.3, -0.25) is 9.69 Å². The summed E-state index contributed by atoms with van der Waals surface area (Å²) in [5, 5.41) is 3.16. The predicted octanol–water partition coefficient (Wildman–Crippen LogP) is 3.71. The van der Waals surface area contributed by atoms with Gasteiger partial charge in [-0.05, 0) is 37.4 Å². The minimum Gasteiger partial charge on any atom is -0.354 e. The van der Waals surface area contributed by atoms with Crippen LogP contribution in [-0.2, 0) is 17.8 Å². The molecule has 0 saturated carbocycles. The van der Waals surface area contributed by atoms with Crippen molar-refractivity contribution in [2.75, 3.05) is 13.1 Å². The van der Waals surface area contributed by atoms with Gasteiger partial charge in [-0.2, -0.15) is 0 Å². The van der Waals surface area contributed by atoms with E-state index in [2.05, 4.69) is 59.6 Å². The summed E-state index contributed by atoms with van der Waals surface area (Å²) in [5.74, 6) is 0.121. The lowest BCUT2D eigenvalue weighted by Crippen LogP contribution is -2.46. The van der Waals surface area contributed by atoms with Crippen LogP contribution in [0.25, 0.3) is 0 Å². The highest BCUT2D eigenvalue weighted by Gasteiger charge is 2.22. The van der Waals surface area contributed by atoms with Crippen LogP contribution in [0, 0.1) is 6.92 Å². The van der Waals surface area contributed by atoms with Gasteiger partial charge in [-0.15, -0.1) is 0 Å². The van der Waals surface area contributed by atoms with Crippen LogP contribution >= 0.6 is 0 Å². The van der Waals surface area contributed by atoms with Gasteiger partial charge in [0.1, 0.15) is 0 Å². The lowest BCUT2D eigenvalue weighted by Gasteiger charge is -2.36. The second-order valence-corrected chi connectivity index (χ2v) is 7.08. The second-order valence-electron chi connectivity index (χ2n) is 7.08. The van der Waals surface area contributed by atoms with Gasteiger partial charge in [0.15, 0.2) is 0 Å². The van der Waals surface area contributed by atoms with E-state index in [-0.39, 0.29) is 5.91 Å². The molecule has 25 heavy (non-hydrogen) atoms. The van der Waals surface area contributed by atoms with Crippen LogP contribution in [0.5, 0.6) is 0 Å². The van der Waals surface area contributed by atoms with Crippen molar-refractivity contribution in [3.05, 3.63) is 71.3 Å². The van der Waals surface area contributed by atoms with Crippen molar-refractivity contribution in [2.24, 2.45) is 0 Å². The van der Waals surface area contributed by atoms with Crippen molar-refractivity contribution in [3.63, 3.8) is 0 Å². The minimum absolute atomic E-state index is 0.121. The van der Waals surface area contributed by atoms with E-state index in [0.29, 0.717) is 12.5 Å². The minimum atomic E-state index is 0.121. The first-order valence-corrected chi connectivity index (χ1v) is 9.31. The molecule has 1 N–H and O–H groups in total. The fourth-order valence-electron chi connectivity index (χ4n) is 3.62. The summed E-state index contributed by atoms with van der Waals surface area (Å²) in [4.78, 5) is 14.8. The lowest BCUT2D eigenvalue weighted by molar-refractivity contribution is -0.120. The topological polar surface area (TPSA) is 32.3 Å². The summed E-state index contributed by atoms with van der Waals surface area (Å²) in [7, 11) is 0. The van der Waals surface area contributed by atoms with Crippen LogP contribution < -0.4 is 5.32 Å². The van der Waals surface area contributed by atoms with Crippen molar-refractivity contribution < 1.29 is 4.79 Å². The molecule has 1 atom stereocenters. The Bertz CT molecular complexity index is 683. The maximum Gasteiger partial charge on any atom is 0.224 e.